The number of aliphatic hydroxyl groups is 1. The van der Waals surface area contributed by atoms with Crippen molar-refractivity contribution in [1.29, 1.82) is 0 Å². The van der Waals surface area contributed by atoms with E-state index in [1.807, 2.05) is 47.4 Å². The lowest BCUT2D eigenvalue weighted by Crippen LogP contribution is -2.66. The van der Waals surface area contributed by atoms with Crippen molar-refractivity contribution in [3.05, 3.63) is 42.5 Å². The van der Waals surface area contributed by atoms with Crippen molar-refractivity contribution >= 4 is 11.7 Å². The normalized spacial score (nSPS) is 29.5. The Morgan fingerprint density at radius 2 is 1.86 bits per heavy atom. The van der Waals surface area contributed by atoms with Crippen LogP contribution in [-0.2, 0) is 4.79 Å². The van der Waals surface area contributed by atoms with Gasteiger partial charge in [-0.1, -0.05) is 30.3 Å². The molecule has 2 bridgehead atoms. The molecule has 3 aliphatic rings. The Balaban J connectivity index is 1.39. The van der Waals surface area contributed by atoms with E-state index in [2.05, 4.69) is 15.1 Å². The van der Waals surface area contributed by atoms with Gasteiger partial charge in [0.1, 0.15) is 0 Å². The number of benzene rings is 1. The number of nitrogens with zero attached hydrogens (tertiary/aromatic N) is 4. The summed E-state index contributed by atoms with van der Waals surface area (Å²) in [4.78, 5) is 16.9. The zero-order chi connectivity index (χ0) is 19.1. The van der Waals surface area contributed by atoms with Crippen LogP contribution in [0.5, 0.6) is 0 Å². The highest BCUT2D eigenvalue weighted by atomic mass is 16.3. The fourth-order valence-electron chi connectivity index (χ4n) is 5.45. The van der Waals surface area contributed by atoms with Gasteiger partial charge < -0.3 is 14.9 Å². The smallest absolute Gasteiger partial charge is 0.223 e. The molecule has 1 amide bonds. The van der Waals surface area contributed by atoms with Crippen molar-refractivity contribution in [3.8, 4) is 11.3 Å². The van der Waals surface area contributed by atoms with E-state index in [1.165, 1.54) is 0 Å². The summed E-state index contributed by atoms with van der Waals surface area (Å²) in [5.41, 5.74) is 1.94. The number of hydrogen-bond donors (Lipinski definition) is 1. The number of carbonyl (C=O) groups excluding carboxylic acids is 1. The summed E-state index contributed by atoms with van der Waals surface area (Å²) in [6, 6.07) is 14.4. The molecule has 0 unspecified atom stereocenters. The van der Waals surface area contributed by atoms with Gasteiger partial charge in [-0.3, -0.25) is 4.79 Å². The average molecular weight is 378 g/mol. The van der Waals surface area contributed by atoms with Crippen molar-refractivity contribution < 1.29 is 9.90 Å². The Bertz CT molecular complexity index is 827. The first-order valence-corrected chi connectivity index (χ1v) is 10.3. The van der Waals surface area contributed by atoms with Crippen LogP contribution in [0.3, 0.4) is 0 Å². The number of anilines is 1. The second-order valence-electron chi connectivity index (χ2n) is 8.31. The first-order valence-electron chi connectivity index (χ1n) is 10.3. The van der Waals surface area contributed by atoms with E-state index in [9.17, 15) is 9.90 Å². The standard InChI is InChI=1S/C22H26N4O2/c27-14-20-17-11-16(19-7-4-8-22(28)26(19)20)12-25(13-17)21-10-9-18(23-24-21)15-5-2-1-3-6-15/h1-3,5-6,9-10,16-17,19-20,27H,4,7-8,11-14H2/t16-,17+,19+,20+/m1/s1. The van der Waals surface area contributed by atoms with Crippen molar-refractivity contribution in [3.63, 3.8) is 0 Å². The molecular weight excluding hydrogens is 352 g/mol. The molecule has 3 fully saturated rings. The third-order valence-corrected chi connectivity index (χ3v) is 6.73. The number of amides is 1. The Kier molecular flexibility index (Phi) is 4.51. The Morgan fingerprint density at radius 1 is 1.04 bits per heavy atom. The minimum atomic E-state index is -0.0617. The second-order valence-corrected chi connectivity index (χ2v) is 8.31. The van der Waals surface area contributed by atoms with E-state index in [0.717, 1.165) is 49.4 Å². The Morgan fingerprint density at radius 3 is 2.61 bits per heavy atom. The molecule has 28 heavy (non-hydrogen) atoms. The molecule has 6 heteroatoms. The molecule has 0 spiro atoms. The first kappa shape index (κ1) is 17.6. The van der Waals surface area contributed by atoms with Gasteiger partial charge in [0.2, 0.25) is 5.91 Å². The Hall–Kier alpha value is -2.47. The van der Waals surface area contributed by atoms with E-state index >= 15 is 0 Å². The highest BCUT2D eigenvalue weighted by Gasteiger charge is 2.49. The highest BCUT2D eigenvalue weighted by Crippen LogP contribution is 2.42. The summed E-state index contributed by atoms with van der Waals surface area (Å²) < 4.78 is 0. The molecule has 0 radical (unpaired) electrons. The fraction of sp³-hybridized carbons (Fsp3) is 0.500. The van der Waals surface area contributed by atoms with E-state index in [-0.39, 0.29) is 30.5 Å². The summed E-state index contributed by atoms with van der Waals surface area (Å²) in [6.45, 7) is 1.77. The number of hydrogen-bond acceptors (Lipinski definition) is 5. The minimum absolute atomic E-state index is 0.0477. The van der Waals surface area contributed by atoms with Gasteiger partial charge in [-0.05, 0) is 43.2 Å². The van der Waals surface area contributed by atoms with Gasteiger partial charge in [0.15, 0.2) is 5.82 Å². The number of aromatic nitrogens is 2. The van der Waals surface area contributed by atoms with E-state index in [1.54, 1.807) is 0 Å². The maximum Gasteiger partial charge on any atom is 0.223 e. The molecule has 146 valence electrons. The van der Waals surface area contributed by atoms with Crippen LogP contribution in [0, 0.1) is 11.8 Å². The molecule has 6 nitrogen and oxygen atoms in total. The molecule has 4 heterocycles. The van der Waals surface area contributed by atoms with Crippen LogP contribution in [-0.4, -0.2) is 57.9 Å². The van der Waals surface area contributed by atoms with Gasteiger partial charge in [-0.25, -0.2) is 0 Å². The SMILES string of the molecule is O=C1CCC[C@H]2[C@@H]3C[C@@H](CN(c4ccc(-c5ccccc5)nn4)C3)[C@H](CO)N12. The van der Waals surface area contributed by atoms with Crippen molar-refractivity contribution in [1.82, 2.24) is 15.1 Å². The molecule has 1 N–H and O–H groups in total. The van der Waals surface area contributed by atoms with Crippen LogP contribution in [0.15, 0.2) is 42.5 Å². The van der Waals surface area contributed by atoms with E-state index < -0.39 is 0 Å². The van der Waals surface area contributed by atoms with E-state index in [0.29, 0.717) is 12.3 Å². The van der Waals surface area contributed by atoms with Crippen LogP contribution in [0.2, 0.25) is 0 Å². The van der Waals surface area contributed by atoms with Crippen LogP contribution >= 0.6 is 0 Å². The predicted molar refractivity (Wildman–Crippen MR) is 107 cm³/mol. The van der Waals surface area contributed by atoms with Gasteiger partial charge >= 0.3 is 0 Å². The van der Waals surface area contributed by atoms with Crippen LogP contribution < -0.4 is 4.90 Å². The van der Waals surface area contributed by atoms with Crippen molar-refractivity contribution in [2.45, 2.75) is 37.8 Å². The van der Waals surface area contributed by atoms with Crippen molar-refractivity contribution in [2.24, 2.45) is 11.8 Å². The minimum Gasteiger partial charge on any atom is -0.394 e. The van der Waals surface area contributed by atoms with E-state index in [4.69, 9.17) is 0 Å². The summed E-state index contributed by atoms with van der Waals surface area (Å²) in [5.74, 6) is 1.85. The van der Waals surface area contributed by atoms with Gasteiger partial charge in [0, 0.05) is 31.1 Å². The fourth-order valence-corrected chi connectivity index (χ4v) is 5.45. The number of piperidine rings is 3. The quantitative estimate of drug-likeness (QED) is 0.888. The lowest BCUT2D eigenvalue weighted by atomic mass is 9.72. The molecule has 0 aliphatic carbocycles. The summed E-state index contributed by atoms with van der Waals surface area (Å²) >= 11 is 0. The average Bonchev–Trinajstić information content (AvgIpc) is 2.75. The number of carbonyl (C=O) groups is 1. The van der Waals surface area contributed by atoms with Crippen LogP contribution in [0.1, 0.15) is 25.7 Å². The van der Waals surface area contributed by atoms with Crippen LogP contribution in [0.25, 0.3) is 11.3 Å². The number of fused-ring (bicyclic) bond motifs is 4. The third-order valence-electron chi connectivity index (χ3n) is 6.73. The highest BCUT2D eigenvalue weighted by molar-refractivity contribution is 5.78. The van der Waals surface area contributed by atoms with Crippen LogP contribution in [0.4, 0.5) is 5.82 Å². The zero-order valence-corrected chi connectivity index (χ0v) is 15.9. The molecule has 5 rings (SSSR count). The molecular formula is C22H26N4O2. The molecule has 1 aromatic heterocycles. The lowest BCUT2D eigenvalue weighted by Gasteiger charge is -2.56. The van der Waals surface area contributed by atoms with Gasteiger partial charge in [-0.15, -0.1) is 10.2 Å². The molecule has 3 saturated heterocycles. The topological polar surface area (TPSA) is 69.6 Å². The summed E-state index contributed by atoms with van der Waals surface area (Å²) in [7, 11) is 0. The predicted octanol–water partition coefficient (Wildman–Crippen LogP) is 2.34. The summed E-state index contributed by atoms with van der Waals surface area (Å²) in [6.07, 6.45) is 3.73. The molecule has 0 saturated carbocycles. The monoisotopic (exact) mass is 378 g/mol. The number of rotatable bonds is 3. The maximum atomic E-state index is 12.5. The summed E-state index contributed by atoms with van der Waals surface area (Å²) in [5, 5.41) is 19.0. The maximum absolute atomic E-state index is 12.5. The van der Waals surface area contributed by atoms with Gasteiger partial charge in [0.05, 0.1) is 18.3 Å². The van der Waals surface area contributed by atoms with Gasteiger partial charge in [-0.2, -0.15) is 0 Å². The molecule has 1 aromatic carbocycles. The van der Waals surface area contributed by atoms with Gasteiger partial charge in [0.25, 0.3) is 0 Å². The third kappa shape index (κ3) is 2.96. The lowest BCUT2D eigenvalue weighted by molar-refractivity contribution is -0.150. The Labute approximate surface area is 165 Å². The number of aliphatic hydroxyl groups excluding tert-OH is 1. The zero-order valence-electron chi connectivity index (χ0n) is 15.9. The molecule has 2 aromatic rings. The first-order chi connectivity index (χ1) is 13.7. The van der Waals surface area contributed by atoms with Crippen molar-refractivity contribution in [2.75, 3.05) is 24.6 Å². The largest absolute Gasteiger partial charge is 0.394 e. The molecule has 4 atom stereocenters. The molecule has 3 aliphatic heterocycles. The second kappa shape index (κ2) is 7.17.